The number of methoxy groups -OCH3 is 1. The first kappa shape index (κ1) is 21.5. The van der Waals surface area contributed by atoms with Crippen LogP contribution in [0.25, 0.3) is 0 Å². The number of ether oxygens (including phenoxy) is 2. The number of halogens is 2. The zero-order valence-corrected chi connectivity index (χ0v) is 17.2. The number of carbonyl (C=O) groups excluding carboxylic acids is 2. The molecule has 1 amide bonds. The van der Waals surface area contributed by atoms with Crippen LogP contribution in [-0.2, 0) is 20.9 Å². The summed E-state index contributed by atoms with van der Waals surface area (Å²) >= 11 is 6.77. The maximum absolute atomic E-state index is 14.2. The van der Waals surface area contributed by atoms with Crippen molar-refractivity contribution in [2.45, 2.75) is 6.61 Å². The van der Waals surface area contributed by atoms with Crippen molar-refractivity contribution in [1.29, 1.82) is 0 Å². The summed E-state index contributed by atoms with van der Waals surface area (Å²) in [5, 5.41) is 10.9. The third-order valence-corrected chi connectivity index (χ3v) is 4.87. The monoisotopic (exact) mass is 447 g/mol. The number of hydrogen-bond donors (Lipinski definition) is 1. The zero-order valence-electron chi connectivity index (χ0n) is 15.6. The molecule has 2 aromatic carbocycles. The molecule has 0 atom stereocenters. The molecule has 0 unspecified atom stereocenters. The number of amidine groups is 1. The standard InChI is InChI=1S/C20H15ClFN3O4S/c1-28-18(26)9-17-19(27)24-20(30-17)25-23-10-13-4-7-16(15(22)8-13)29-11-12-2-5-14(21)6-3-12/h2-10H,11H2,1H3,(H,24,25,27)/b17-9+,23-10?. The Morgan fingerprint density at radius 2 is 2.03 bits per heavy atom. The maximum atomic E-state index is 14.2. The molecule has 0 bridgehead atoms. The van der Waals surface area contributed by atoms with Gasteiger partial charge in [-0.1, -0.05) is 23.7 Å². The lowest BCUT2D eigenvalue weighted by atomic mass is 10.2. The molecule has 154 valence electrons. The van der Waals surface area contributed by atoms with Gasteiger partial charge in [0.1, 0.15) is 6.61 Å². The van der Waals surface area contributed by atoms with Gasteiger partial charge in [0.25, 0.3) is 5.91 Å². The van der Waals surface area contributed by atoms with Crippen LogP contribution in [0.1, 0.15) is 11.1 Å². The number of thioether (sulfide) groups is 1. The van der Waals surface area contributed by atoms with E-state index >= 15 is 0 Å². The SMILES string of the molecule is COC(=O)/C=C1/S/C(=N\N=Cc2ccc(OCc3ccc(Cl)cc3)c(F)c2)NC1=O. The first-order valence-corrected chi connectivity index (χ1v) is 9.70. The van der Waals surface area contributed by atoms with Gasteiger partial charge in [-0.05, 0) is 53.2 Å². The Hall–Kier alpha value is -3.17. The fraction of sp³-hybridized carbons (Fsp3) is 0.100. The van der Waals surface area contributed by atoms with Gasteiger partial charge >= 0.3 is 5.97 Å². The van der Waals surface area contributed by atoms with Crippen molar-refractivity contribution >= 4 is 46.6 Å². The second-order valence-electron chi connectivity index (χ2n) is 5.84. The Morgan fingerprint density at radius 3 is 2.73 bits per heavy atom. The minimum Gasteiger partial charge on any atom is -0.486 e. The third-order valence-electron chi connectivity index (χ3n) is 3.72. The number of carbonyl (C=O) groups is 2. The largest absolute Gasteiger partial charge is 0.486 e. The maximum Gasteiger partial charge on any atom is 0.331 e. The van der Waals surface area contributed by atoms with Crippen LogP contribution < -0.4 is 10.1 Å². The van der Waals surface area contributed by atoms with Crippen molar-refractivity contribution in [2.75, 3.05) is 7.11 Å². The highest BCUT2D eigenvalue weighted by atomic mass is 35.5. The second-order valence-corrected chi connectivity index (χ2v) is 7.31. The predicted octanol–water partition coefficient (Wildman–Crippen LogP) is 3.67. The Morgan fingerprint density at radius 1 is 1.27 bits per heavy atom. The lowest BCUT2D eigenvalue weighted by Gasteiger charge is -2.08. The molecule has 1 heterocycles. The molecule has 1 fully saturated rings. The molecule has 1 saturated heterocycles. The predicted molar refractivity (Wildman–Crippen MR) is 113 cm³/mol. The Bertz CT molecular complexity index is 1050. The van der Waals surface area contributed by atoms with Crippen LogP contribution in [0.15, 0.2) is 63.6 Å². The molecular formula is C20H15ClFN3O4S. The lowest BCUT2D eigenvalue weighted by Crippen LogP contribution is -2.19. The number of hydrogen-bond acceptors (Lipinski definition) is 7. The zero-order chi connectivity index (χ0) is 21.5. The van der Waals surface area contributed by atoms with Gasteiger partial charge in [0.15, 0.2) is 16.7 Å². The van der Waals surface area contributed by atoms with E-state index in [2.05, 4.69) is 20.3 Å². The number of amides is 1. The van der Waals surface area contributed by atoms with E-state index in [-0.39, 0.29) is 22.4 Å². The summed E-state index contributed by atoms with van der Waals surface area (Å²) in [4.78, 5) is 23.1. The molecule has 0 radical (unpaired) electrons. The van der Waals surface area contributed by atoms with Gasteiger partial charge < -0.3 is 9.47 Å². The minimum atomic E-state index is -0.647. The molecule has 0 spiro atoms. The first-order valence-electron chi connectivity index (χ1n) is 8.51. The van der Waals surface area contributed by atoms with E-state index in [1.54, 1.807) is 30.3 Å². The van der Waals surface area contributed by atoms with Crippen LogP contribution in [-0.4, -0.2) is 30.4 Å². The Labute approximate surface area is 180 Å². The van der Waals surface area contributed by atoms with E-state index in [1.807, 2.05) is 0 Å². The number of nitrogens with zero attached hydrogens (tertiary/aromatic N) is 2. The summed E-state index contributed by atoms with van der Waals surface area (Å²) in [6, 6.07) is 11.4. The van der Waals surface area contributed by atoms with E-state index in [0.29, 0.717) is 10.6 Å². The van der Waals surface area contributed by atoms with Gasteiger partial charge in [0.05, 0.1) is 18.2 Å². The molecule has 3 rings (SSSR count). The molecule has 1 aliphatic heterocycles. The molecule has 0 aliphatic carbocycles. The number of esters is 1. The molecular weight excluding hydrogens is 433 g/mol. The van der Waals surface area contributed by atoms with Crippen molar-refractivity contribution in [2.24, 2.45) is 10.2 Å². The smallest absolute Gasteiger partial charge is 0.331 e. The van der Waals surface area contributed by atoms with E-state index < -0.39 is 17.7 Å². The van der Waals surface area contributed by atoms with Gasteiger partial charge in [0, 0.05) is 11.1 Å². The van der Waals surface area contributed by atoms with E-state index in [0.717, 1.165) is 23.4 Å². The van der Waals surface area contributed by atoms with Gasteiger partial charge in [-0.15, -0.1) is 5.10 Å². The van der Waals surface area contributed by atoms with Crippen LogP contribution in [0.3, 0.4) is 0 Å². The Balaban J connectivity index is 1.60. The average molecular weight is 448 g/mol. The second kappa shape index (κ2) is 10.0. The van der Waals surface area contributed by atoms with E-state index in [4.69, 9.17) is 16.3 Å². The first-order chi connectivity index (χ1) is 14.4. The molecule has 1 aliphatic rings. The molecule has 7 nitrogen and oxygen atoms in total. The fourth-order valence-corrected chi connectivity index (χ4v) is 3.11. The molecule has 2 aromatic rings. The number of rotatable bonds is 6. The van der Waals surface area contributed by atoms with Crippen LogP contribution in [0.2, 0.25) is 5.02 Å². The highest BCUT2D eigenvalue weighted by molar-refractivity contribution is 8.18. The molecule has 10 heteroatoms. The van der Waals surface area contributed by atoms with Gasteiger partial charge in [-0.25, -0.2) is 9.18 Å². The quantitative estimate of drug-likeness (QED) is 0.316. The number of nitrogens with one attached hydrogen (secondary N) is 1. The summed E-state index contributed by atoms with van der Waals surface area (Å²) in [5.41, 5.74) is 1.31. The van der Waals surface area contributed by atoms with E-state index in [1.165, 1.54) is 25.5 Å². The van der Waals surface area contributed by atoms with Crippen molar-refractivity contribution in [1.82, 2.24) is 5.32 Å². The van der Waals surface area contributed by atoms with Crippen molar-refractivity contribution in [3.05, 3.63) is 75.4 Å². The highest BCUT2D eigenvalue weighted by Gasteiger charge is 2.25. The summed E-state index contributed by atoms with van der Waals surface area (Å²) < 4.78 is 24.2. The van der Waals surface area contributed by atoms with Crippen LogP contribution in [0.5, 0.6) is 5.75 Å². The number of benzene rings is 2. The third kappa shape index (κ3) is 5.91. The van der Waals surface area contributed by atoms with Gasteiger partial charge in [-0.3, -0.25) is 10.1 Å². The van der Waals surface area contributed by atoms with E-state index in [9.17, 15) is 14.0 Å². The summed E-state index contributed by atoms with van der Waals surface area (Å²) in [6.07, 6.45) is 2.39. The summed E-state index contributed by atoms with van der Waals surface area (Å²) in [6.45, 7) is 0.202. The molecule has 0 saturated carbocycles. The van der Waals surface area contributed by atoms with Crippen LogP contribution in [0, 0.1) is 5.82 Å². The average Bonchev–Trinajstić information content (AvgIpc) is 3.07. The highest BCUT2D eigenvalue weighted by Crippen LogP contribution is 2.23. The van der Waals surface area contributed by atoms with Gasteiger partial charge in [0.2, 0.25) is 0 Å². The molecule has 30 heavy (non-hydrogen) atoms. The van der Waals surface area contributed by atoms with Gasteiger partial charge in [-0.2, -0.15) is 5.10 Å². The minimum absolute atomic E-state index is 0.101. The summed E-state index contributed by atoms with van der Waals surface area (Å²) in [7, 11) is 1.21. The van der Waals surface area contributed by atoms with Crippen molar-refractivity contribution in [3.8, 4) is 5.75 Å². The normalized spacial score (nSPS) is 16.3. The fourth-order valence-electron chi connectivity index (χ4n) is 2.25. The van der Waals surface area contributed by atoms with Crippen molar-refractivity contribution in [3.63, 3.8) is 0 Å². The summed E-state index contributed by atoms with van der Waals surface area (Å²) in [5.74, 6) is -1.57. The van der Waals surface area contributed by atoms with Crippen LogP contribution in [0.4, 0.5) is 4.39 Å². The lowest BCUT2D eigenvalue weighted by molar-refractivity contribution is -0.135. The Kier molecular flexibility index (Phi) is 7.21. The van der Waals surface area contributed by atoms with Crippen molar-refractivity contribution < 1.29 is 23.5 Å². The molecule has 1 N–H and O–H groups in total. The topological polar surface area (TPSA) is 89.3 Å². The van der Waals surface area contributed by atoms with Crippen LogP contribution >= 0.6 is 23.4 Å². The molecule has 0 aromatic heterocycles.